The Kier molecular flexibility index (Phi) is 10.5. The minimum absolute atomic E-state index is 0.0538. The molecule has 1 saturated carbocycles. The normalized spacial score (nSPS) is 22.3. The van der Waals surface area contributed by atoms with Gasteiger partial charge in [-0.1, -0.05) is 6.07 Å². The second kappa shape index (κ2) is 16.7. The van der Waals surface area contributed by atoms with Crippen molar-refractivity contribution in [3.63, 3.8) is 0 Å². The lowest BCUT2D eigenvalue weighted by Crippen LogP contribution is -2.51. The highest BCUT2D eigenvalue weighted by Crippen LogP contribution is 2.44. The molecular weight excluding hydrogens is 831 g/mol. The molecule has 1 atom stereocenters. The lowest BCUT2D eigenvalue weighted by Gasteiger charge is -2.42. The van der Waals surface area contributed by atoms with Gasteiger partial charge < -0.3 is 19.9 Å². The summed E-state index contributed by atoms with van der Waals surface area (Å²) >= 11 is 0. The van der Waals surface area contributed by atoms with E-state index in [-0.39, 0.29) is 41.8 Å². The first kappa shape index (κ1) is 41.0. The lowest BCUT2D eigenvalue weighted by atomic mass is 9.87. The molecule has 6 aromatic rings. The van der Waals surface area contributed by atoms with Crippen LogP contribution in [0.1, 0.15) is 74.2 Å². The molecule has 1 aromatic carbocycles. The van der Waals surface area contributed by atoms with Crippen LogP contribution >= 0.6 is 0 Å². The third-order valence-corrected chi connectivity index (χ3v) is 14.2. The number of anilines is 3. The number of imide groups is 1. The average molecular weight is 879 g/mol. The SMILES string of the molecule is N#Cc1cnn2cc(-c3cnn([C@H]4CC[C@H](N5CCN(c6c(F)cc(NC7CCC(=O)NC7=O)cc6F)CC5)CC4)c3)cc(-c3ccc(N4CCC5(CC4)OCc4cccnc45)nc3)c12. The zero-order chi connectivity index (χ0) is 44.2. The molecule has 15 nitrogen and oxygen atoms in total. The first-order valence-corrected chi connectivity index (χ1v) is 22.6. The fraction of sp³-hybridized carbons (Fsp3) is 0.396. The van der Waals surface area contributed by atoms with Crippen LogP contribution in [0.4, 0.5) is 26.0 Å². The van der Waals surface area contributed by atoms with Crippen LogP contribution in [0, 0.1) is 23.0 Å². The largest absolute Gasteiger partial charge is 0.373 e. The number of fused-ring (bicyclic) bond motifs is 3. The van der Waals surface area contributed by atoms with Crippen LogP contribution in [-0.2, 0) is 26.5 Å². The zero-order valence-electron chi connectivity index (χ0n) is 35.8. The number of hydrogen-bond acceptors (Lipinski definition) is 12. The minimum atomic E-state index is -0.727. The van der Waals surface area contributed by atoms with Gasteiger partial charge in [-0.15, -0.1) is 0 Å². The maximum atomic E-state index is 15.4. The highest BCUT2D eigenvalue weighted by molar-refractivity contribution is 6.01. The van der Waals surface area contributed by atoms with Crippen molar-refractivity contribution in [2.45, 2.75) is 81.7 Å². The number of amides is 2. The third-order valence-electron chi connectivity index (χ3n) is 14.2. The molecule has 1 aliphatic carbocycles. The number of piperidine rings is 2. The van der Waals surface area contributed by atoms with E-state index in [1.54, 1.807) is 15.6 Å². The number of halogens is 2. The summed E-state index contributed by atoms with van der Waals surface area (Å²) in [5.74, 6) is -1.31. The number of nitriles is 1. The average Bonchev–Trinajstić information content (AvgIpc) is 4.09. The van der Waals surface area contributed by atoms with Crippen molar-refractivity contribution in [1.29, 1.82) is 5.26 Å². The summed E-state index contributed by atoms with van der Waals surface area (Å²) in [5.41, 5.74) is 6.91. The maximum absolute atomic E-state index is 15.4. The Labute approximate surface area is 374 Å². The van der Waals surface area contributed by atoms with Crippen LogP contribution in [-0.4, -0.2) is 97.4 Å². The number of ether oxygens (including phenoxy) is 1. The molecule has 0 bridgehead atoms. The second-order valence-corrected chi connectivity index (χ2v) is 17.9. The quantitative estimate of drug-likeness (QED) is 0.163. The molecule has 5 aromatic heterocycles. The highest BCUT2D eigenvalue weighted by Gasteiger charge is 2.44. The Morgan fingerprint density at radius 2 is 1.60 bits per heavy atom. The number of aromatic nitrogens is 6. The van der Waals surface area contributed by atoms with E-state index in [4.69, 9.17) is 14.8 Å². The summed E-state index contributed by atoms with van der Waals surface area (Å²) in [4.78, 5) is 39.8. The van der Waals surface area contributed by atoms with E-state index in [0.717, 1.165) is 90.9 Å². The van der Waals surface area contributed by atoms with Gasteiger partial charge in [-0.2, -0.15) is 15.5 Å². The van der Waals surface area contributed by atoms with E-state index in [9.17, 15) is 14.9 Å². The molecule has 9 heterocycles. The van der Waals surface area contributed by atoms with Crippen molar-refractivity contribution in [2.24, 2.45) is 0 Å². The van der Waals surface area contributed by atoms with Crippen molar-refractivity contribution >= 4 is 34.5 Å². The van der Waals surface area contributed by atoms with Gasteiger partial charge in [0.2, 0.25) is 11.8 Å². The molecule has 3 saturated heterocycles. The molecule has 11 rings (SSSR count). The van der Waals surface area contributed by atoms with E-state index in [0.29, 0.717) is 44.4 Å². The molecule has 2 N–H and O–H groups in total. The molecule has 5 aliphatic rings. The smallest absolute Gasteiger partial charge is 0.249 e. The number of piperazine rings is 1. The zero-order valence-corrected chi connectivity index (χ0v) is 35.8. The van der Waals surface area contributed by atoms with Crippen molar-refractivity contribution in [1.82, 2.24) is 39.6 Å². The summed E-state index contributed by atoms with van der Waals surface area (Å²) < 4.78 is 40.9. The molecule has 1 spiro atoms. The number of carbonyl (C=O) groups excluding carboxylic acids is 2. The van der Waals surface area contributed by atoms with E-state index >= 15 is 8.78 Å². The van der Waals surface area contributed by atoms with E-state index in [2.05, 4.69) is 71.7 Å². The van der Waals surface area contributed by atoms with Crippen molar-refractivity contribution < 1.29 is 23.1 Å². The molecule has 332 valence electrons. The van der Waals surface area contributed by atoms with Gasteiger partial charge in [0, 0.05) is 110 Å². The van der Waals surface area contributed by atoms with E-state index in [1.807, 2.05) is 30.9 Å². The van der Waals surface area contributed by atoms with Crippen LogP contribution in [0.2, 0.25) is 0 Å². The monoisotopic (exact) mass is 878 g/mol. The Morgan fingerprint density at radius 3 is 2.34 bits per heavy atom. The topological polar surface area (TPSA) is 162 Å². The Morgan fingerprint density at radius 1 is 0.815 bits per heavy atom. The fourth-order valence-corrected chi connectivity index (χ4v) is 10.7. The first-order valence-electron chi connectivity index (χ1n) is 22.6. The van der Waals surface area contributed by atoms with E-state index < -0.39 is 23.6 Å². The number of carbonyl (C=O) groups is 2. The fourth-order valence-electron chi connectivity index (χ4n) is 10.7. The van der Waals surface area contributed by atoms with Gasteiger partial charge in [0.1, 0.15) is 29.2 Å². The molecule has 4 fully saturated rings. The number of nitrogens with zero attached hydrogens (tertiary/aromatic N) is 10. The second-order valence-electron chi connectivity index (χ2n) is 17.9. The Bertz CT molecular complexity index is 2810. The van der Waals surface area contributed by atoms with Crippen molar-refractivity contribution in [2.75, 3.05) is 54.4 Å². The third kappa shape index (κ3) is 7.63. The van der Waals surface area contributed by atoms with Crippen molar-refractivity contribution in [3.8, 4) is 28.3 Å². The molecule has 17 heteroatoms. The molecule has 65 heavy (non-hydrogen) atoms. The van der Waals surface area contributed by atoms with Gasteiger partial charge in [0.15, 0.2) is 11.6 Å². The van der Waals surface area contributed by atoms with Gasteiger partial charge in [-0.05, 0) is 81.3 Å². The summed E-state index contributed by atoms with van der Waals surface area (Å²) in [7, 11) is 0. The number of benzene rings is 1. The minimum Gasteiger partial charge on any atom is -0.373 e. The summed E-state index contributed by atoms with van der Waals surface area (Å²) in [6.45, 7) is 4.62. The summed E-state index contributed by atoms with van der Waals surface area (Å²) in [5, 5.41) is 24.6. The molecule has 4 aliphatic heterocycles. The van der Waals surface area contributed by atoms with Crippen molar-refractivity contribution in [3.05, 3.63) is 108 Å². The predicted molar refractivity (Wildman–Crippen MR) is 238 cm³/mol. The van der Waals surface area contributed by atoms with Crippen LogP contribution in [0.3, 0.4) is 0 Å². The summed E-state index contributed by atoms with van der Waals surface area (Å²) in [6.07, 6.45) is 17.3. The molecule has 1 unspecified atom stereocenters. The molecular formula is C48H48F2N12O3. The lowest BCUT2D eigenvalue weighted by molar-refractivity contribution is -0.133. The van der Waals surface area contributed by atoms with Crippen LogP contribution < -0.4 is 20.4 Å². The number of rotatable bonds is 8. The Balaban J connectivity index is 0.723. The number of nitrogens with one attached hydrogen (secondary N) is 2. The maximum Gasteiger partial charge on any atom is 0.249 e. The van der Waals surface area contributed by atoms with Gasteiger partial charge in [-0.25, -0.2) is 18.3 Å². The van der Waals surface area contributed by atoms with Crippen LogP contribution in [0.5, 0.6) is 0 Å². The van der Waals surface area contributed by atoms with Gasteiger partial charge >= 0.3 is 0 Å². The standard InChI is InChI=1S/C48H48F2N12O3/c49-39-21-35(56-41-8-10-43(63)57-47(41)64)22-40(50)45(39)60-18-16-58(17-19-60)36-4-6-37(7-5-36)61-28-34(26-54-61)32-20-38(44-33(23-51)25-55-62(44)27-32)30-3-9-42(53-24-30)59-14-11-48(12-15-59)46-31(29-65-48)2-1-13-52-46/h1-3,9,13,20-22,24-28,36-37,41,56H,4-8,10-12,14-19,29H2,(H,57,63,64)/t36-,37-,41?. The van der Waals surface area contributed by atoms with Crippen LogP contribution in [0.25, 0.3) is 27.8 Å². The number of pyridine rings is 3. The van der Waals surface area contributed by atoms with E-state index in [1.165, 1.54) is 17.7 Å². The van der Waals surface area contributed by atoms with Gasteiger partial charge in [0.05, 0.1) is 41.8 Å². The first-order chi connectivity index (χ1) is 31.7. The summed E-state index contributed by atoms with van der Waals surface area (Å²) in [6, 6.07) is 15.0. The highest BCUT2D eigenvalue weighted by atomic mass is 19.1. The molecule has 0 radical (unpaired) electrons. The molecule has 2 amide bonds. The van der Waals surface area contributed by atoms with Gasteiger partial charge in [-0.3, -0.25) is 29.5 Å². The van der Waals surface area contributed by atoms with Crippen LogP contribution in [0.15, 0.2) is 79.6 Å². The van der Waals surface area contributed by atoms with Gasteiger partial charge in [0.25, 0.3) is 0 Å². The number of hydrogen-bond donors (Lipinski definition) is 2. The Hall–Kier alpha value is -6.77. The predicted octanol–water partition coefficient (Wildman–Crippen LogP) is 6.35.